The molecule has 29 nitrogen and oxygen atoms in total. The van der Waals surface area contributed by atoms with E-state index in [1.165, 1.54) is 24.3 Å². The number of H-pyrrole nitrogens is 4. The van der Waals surface area contributed by atoms with Crippen molar-refractivity contribution in [2.45, 2.75) is 107 Å². The fraction of sp³-hybridized carbons (Fsp3) is 0.263. The molecule has 20 rings (SSSR count). The summed E-state index contributed by atoms with van der Waals surface area (Å²) in [5, 5.41) is 80.8. The first-order valence-electron chi connectivity index (χ1n) is 48.6. The molecular weight excluding hydrogens is 1980 g/mol. The number of aliphatic hydroxyl groups excluding tert-OH is 8. The number of nitrogens with one attached hydrogen (secondary N) is 4. The van der Waals surface area contributed by atoms with Crippen LogP contribution in [0.25, 0.3) is 43.6 Å². The largest absolute Gasteiger partial charge is 0.497 e. The number of aromatic nitrogens is 4. The summed E-state index contributed by atoms with van der Waals surface area (Å²) in [4.78, 5) is 74.4. The molecule has 0 saturated carbocycles. The van der Waals surface area contributed by atoms with Crippen molar-refractivity contribution in [2.24, 2.45) is 0 Å². The van der Waals surface area contributed by atoms with Gasteiger partial charge in [-0.1, -0.05) is 131 Å². The smallest absolute Gasteiger partial charge is 0.416 e. The second kappa shape index (κ2) is 49.0. The van der Waals surface area contributed by atoms with Gasteiger partial charge >= 0.3 is 24.4 Å². The van der Waals surface area contributed by atoms with Crippen LogP contribution in [0.5, 0.6) is 51.7 Å². The molecule has 0 fully saturated rings. The van der Waals surface area contributed by atoms with Crippen molar-refractivity contribution in [3.63, 3.8) is 0 Å². The molecule has 12 aromatic carbocycles. The Morgan fingerprint density at radius 3 is 0.797 bits per heavy atom. The van der Waals surface area contributed by atoms with Gasteiger partial charge in [-0.25, -0.2) is 23.6 Å². The normalized spacial score (nSPS) is 15.9. The van der Waals surface area contributed by atoms with Crippen molar-refractivity contribution in [1.82, 2.24) is 39.5 Å². The van der Waals surface area contributed by atoms with Crippen LogP contribution in [-0.2, 0) is 25.7 Å². The van der Waals surface area contributed by atoms with Crippen LogP contribution in [0.3, 0.4) is 0 Å². The van der Waals surface area contributed by atoms with Crippen LogP contribution in [0.1, 0.15) is 123 Å². The number of carbonyl (C=O) groups excluding carboxylic acids is 4. The molecule has 768 valence electrons. The zero-order chi connectivity index (χ0) is 104. The van der Waals surface area contributed by atoms with Gasteiger partial charge in [0.2, 0.25) is 0 Å². The van der Waals surface area contributed by atoms with Gasteiger partial charge in [-0.05, 0) is 271 Å². The molecule has 34 heteroatoms. The number of halogens is 5. The van der Waals surface area contributed by atoms with Crippen LogP contribution in [-0.4, -0.2) is 215 Å². The van der Waals surface area contributed by atoms with E-state index in [-0.39, 0.29) is 64.6 Å². The number of fused-ring (bicyclic) bond motifs is 12. The predicted molar refractivity (Wildman–Crippen MR) is 562 cm³/mol. The number of carbonyl (C=O) groups is 4. The van der Waals surface area contributed by atoms with Gasteiger partial charge in [0.25, 0.3) is 0 Å². The third kappa shape index (κ3) is 25.4. The molecule has 4 unspecified atom stereocenters. The topological polar surface area (TPSA) is 389 Å². The summed E-state index contributed by atoms with van der Waals surface area (Å²) in [7, 11) is 1.58. The molecule has 4 amide bonds. The maximum atomic E-state index is 13.5. The predicted octanol–water partition coefficient (Wildman–Crippen LogP) is 20.8. The molecule has 0 spiro atoms. The fourth-order valence-corrected chi connectivity index (χ4v) is 19.4. The van der Waals surface area contributed by atoms with E-state index in [4.69, 9.17) is 109 Å². The standard InChI is InChI=1S/C29H29ClN2O6.C29H29ClN2O5.C28H26ClFN2O5.C28H27ClN2O5/c1-36-21-7-9-23(10-8-21)38-29(35)32-14-12-24-25-16-19(30)4-11-26(25)31-27(24)28(32)18-2-5-22(6-3-18)37-15-13-20(34)17-33;1-18-2-7-23(8-3-18)37-29(35)32-14-12-24-25-16-20(30)6-11-26(25)31-27(24)28(32)19-4-9-22(10-5-19)36-15-13-21(34)17-33;29-18-3-10-25-24(15-18)23-11-13-32(28(35)37-22-8-4-19(30)5-9-22)27(26(23)31-25)17-1-6-21(7-2-17)36-14-12-20(34)16-33;29-19-8-11-25-24(16-19)23-12-14-31(28(34)36-22-4-2-1-3-5-22)27(26(23)30-25)18-6-9-21(10-7-18)35-15-13-20(33)17-32/h2-11,16,20,28,31,33-34H,12-15,17H2,1H3;2-11,16,21,28,31,33-34H,12-15,17H2,1H3;1-10,15,20,27,31,33-34H,11-14,16H2;1-11,16,20,27,30,32-33H,12-15,17H2/t20-,28?;21-,28?;2*20-,27?/m0000/s1. The van der Waals surface area contributed by atoms with E-state index in [0.717, 1.165) is 116 Å². The summed E-state index contributed by atoms with van der Waals surface area (Å²) in [5.41, 5.74) is 16.6. The summed E-state index contributed by atoms with van der Waals surface area (Å²) in [5.74, 6) is 4.45. The monoisotopic (exact) mass is 2090 g/mol. The Hall–Kier alpha value is -14.4. The quantitative estimate of drug-likeness (QED) is 0.0207. The Bertz CT molecular complexity index is 7020. The van der Waals surface area contributed by atoms with Crippen molar-refractivity contribution in [1.29, 1.82) is 0 Å². The maximum absolute atomic E-state index is 13.5. The number of amides is 4. The van der Waals surface area contributed by atoms with Crippen LogP contribution in [0, 0.1) is 12.7 Å². The highest BCUT2D eigenvalue weighted by Gasteiger charge is 2.42. The van der Waals surface area contributed by atoms with E-state index in [2.05, 4.69) is 19.9 Å². The second-order valence-electron chi connectivity index (χ2n) is 36.1. The third-order valence-electron chi connectivity index (χ3n) is 26.3. The van der Waals surface area contributed by atoms with E-state index in [9.17, 15) is 44.0 Å². The van der Waals surface area contributed by atoms with Crippen LogP contribution in [0.4, 0.5) is 23.6 Å². The molecule has 16 aromatic rings. The lowest BCUT2D eigenvalue weighted by Crippen LogP contribution is -2.42. The Balaban J connectivity index is 0.000000135. The van der Waals surface area contributed by atoms with E-state index in [1.54, 1.807) is 87.4 Å². The van der Waals surface area contributed by atoms with Gasteiger partial charge in [0.05, 0.1) is 84.4 Å². The van der Waals surface area contributed by atoms with Gasteiger partial charge in [-0.3, -0.25) is 19.6 Å². The number of aryl methyl sites for hydroxylation is 1. The molecule has 0 aliphatic carbocycles. The first-order valence-corrected chi connectivity index (χ1v) is 50.1. The summed E-state index contributed by atoms with van der Waals surface area (Å²) >= 11 is 25.2. The highest BCUT2D eigenvalue weighted by molar-refractivity contribution is 6.32. The molecule has 4 aromatic heterocycles. The van der Waals surface area contributed by atoms with Crippen molar-refractivity contribution in [3.8, 4) is 51.7 Å². The lowest BCUT2D eigenvalue weighted by Gasteiger charge is -2.35. The van der Waals surface area contributed by atoms with Gasteiger partial charge < -0.3 is 103 Å². The minimum Gasteiger partial charge on any atom is -0.497 e. The number of para-hydroxylation sites is 1. The first kappa shape index (κ1) is 105. The van der Waals surface area contributed by atoms with Gasteiger partial charge in [-0.2, -0.15) is 0 Å². The highest BCUT2D eigenvalue weighted by atomic mass is 35.5. The van der Waals surface area contributed by atoms with E-state index in [0.29, 0.717) is 144 Å². The average Bonchev–Trinajstić information content (AvgIpc) is 1.61. The Morgan fingerprint density at radius 1 is 0.318 bits per heavy atom. The fourth-order valence-electron chi connectivity index (χ4n) is 18.7. The van der Waals surface area contributed by atoms with Gasteiger partial charge in [0.15, 0.2) is 0 Å². The van der Waals surface area contributed by atoms with Gasteiger partial charge in [0.1, 0.15) is 81.7 Å². The lowest BCUT2D eigenvalue weighted by atomic mass is 9.92. The van der Waals surface area contributed by atoms with E-state index in [1.807, 2.05) is 195 Å². The maximum Gasteiger partial charge on any atom is 0.416 e. The highest BCUT2D eigenvalue weighted by Crippen LogP contribution is 2.47. The molecule has 148 heavy (non-hydrogen) atoms. The van der Waals surface area contributed by atoms with Crippen LogP contribution in [0.15, 0.2) is 273 Å². The number of aliphatic hydroxyl groups is 8. The van der Waals surface area contributed by atoms with Crippen molar-refractivity contribution in [2.75, 3.05) is 86.1 Å². The van der Waals surface area contributed by atoms with Crippen molar-refractivity contribution in [3.05, 3.63) is 372 Å². The van der Waals surface area contributed by atoms with Crippen molar-refractivity contribution < 1.29 is 107 Å². The van der Waals surface area contributed by atoms with Crippen LogP contribution in [0.2, 0.25) is 20.1 Å². The number of benzene rings is 12. The van der Waals surface area contributed by atoms with E-state index < -0.39 is 72.7 Å². The van der Waals surface area contributed by atoms with Crippen LogP contribution < -0.4 is 42.6 Å². The molecule has 4 aliphatic heterocycles. The minimum atomic E-state index is -0.823. The average molecular weight is 2090 g/mol. The number of methoxy groups -OCH3 is 1. The molecule has 4 aliphatic rings. The Morgan fingerprint density at radius 2 is 0.547 bits per heavy atom. The molecule has 12 N–H and O–H groups in total. The Kier molecular flexibility index (Phi) is 34.8. The molecule has 0 bridgehead atoms. The third-order valence-corrected chi connectivity index (χ3v) is 27.2. The molecular formula is C114H111Cl4FN8O21. The summed E-state index contributed by atoms with van der Waals surface area (Å²) in [6.45, 7) is 3.73. The van der Waals surface area contributed by atoms with Gasteiger partial charge in [-0.15, -0.1) is 0 Å². The number of hydrogen-bond acceptors (Lipinski definition) is 21. The van der Waals surface area contributed by atoms with Gasteiger partial charge in [0, 0.05) is 138 Å². The lowest BCUT2D eigenvalue weighted by molar-refractivity contribution is 0.0753. The Labute approximate surface area is 871 Å². The number of aromatic amines is 4. The summed E-state index contributed by atoms with van der Waals surface area (Å²) in [6, 6.07) is 79.9. The SMILES string of the molecule is COc1ccc(OC(=O)N2CCc3c([nH]c4ccc(Cl)cc34)C2c2ccc(OCC[C@H](O)CO)cc2)cc1.Cc1ccc(OC(=O)N2CCc3c([nH]c4ccc(Cl)cc34)C2c2ccc(OCC[C@H](O)CO)cc2)cc1.O=C(Oc1ccc(F)cc1)N1CCc2c([nH]c3ccc(Cl)cc23)C1c1ccc(OCC[C@H](O)CO)cc1.O=C(Oc1ccccc1)N1CCc2c([nH]c3ccc(Cl)cc23)C1c1ccc(OCC[C@H](O)CO)cc1. The number of rotatable bonds is 29. The van der Waals surface area contributed by atoms with Crippen molar-refractivity contribution >= 4 is 114 Å². The molecule has 0 saturated heterocycles. The van der Waals surface area contributed by atoms with Crippen LogP contribution >= 0.6 is 46.4 Å². The number of nitrogens with zero attached hydrogens (tertiary/aromatic N) is 4. The van der Waals surface area contributed by atoms with E-state index >= 15 is 0 Å². The molecule has 0 radical (unpaired) electrons. The minimum absolute atomic E-state index is 0.257. The zero-order valence-corrected chi connectivity index (χ0v) is 83.8. The second-order valence-corrected chi connectivity index (χ2v) is 37.9. The molecule has 8 atom stereocenters. The molecule has 8 heterocycles. The first-order chi connectivity index (χ1) is 71.8. The summed E-state index contributed by atoms with van der Waals surface area (Å²) < 4.78 is 64.2. The number of ether oxygens (including phenoxy) is 9. The summed E-state index contributed by atoms with van der Waals surface area (Å²) in [6.07, 6.45) is -1.18. The number of hydrogen-bond donors (Lipinski definition) is 12. The zero-order valence-electron chi connectivity index (χ0n) is 80.8.